The molecule has 1 amide bonds. The summed E-state index contributed by atoms with van der Waals surface area (Å²) in [6, 6.07) is 23.0. The average Bonchev–Trinajstić information content (AvgIpc) is 4.03. The first-order valence-electron chi connectivity index (χ1n) is 24.0. The van der Waals surface area contributed by atoms with Crippen LogP contribution in [0.15, 0.2) is 72.9 Å². The number of aromatic hydroxyl groups is 2. The Morgan fingerprint density at radius 1 is 0.910 bits per heavy atom. The van der Waals surface area contributed by atoms with Crippen LogP contribution in [-0.2, 0) is 19.6 Å². The lowest BCUT2D eigenvalue weighted by molar-refractivity contribution is 0.0748. The van der Waals surface area contributed by atoms with Crippen molar-refractivity contribution >= 4 is 33.4 Å². The number of pyridine rings is 1. The van der Waals surface area contributed by atoms with Crippen LogP contribution in [0.2, 0.25) is 0 Å². The summed E-state index contributed by atoms with van der Waals surface area (Å²) in [6.45, 7) is 14.6. The number of phenolic OH excluding ortho intramolecular Hbond substituents is 2. The minimum atomic E-state index is -0.458. The van der Waals surface area contributed by atoms with Gasteiger partial charge in [-0.05, 0) is 83.8 Å². The molecule has 3 N–H and O–H groups in total. The summed E-state index contributed by atoms with van der Waals surface area (Å²) in [5, 5.41) is 27.2. The standard InChI is InChI=1S/C53H60FN9O4/c1-31(2)42-21-43(46(65)22-45(42)64)52(66)63-25-35-12-11-33(19-36(35)26-63)24-60-15-17-61(18-16-60)39-20-40(59(4)29-39)30-67-53-57-50-44(51(58-53)62-27-37-13-14-38(28-62)56-37)23-55-49(48(50)54)41-10-6-9-34-8-5-7-32(3)47(34)41/h5-12,19,21-23,31,37-40,56,64-65H,13-18,20,24-30H2,1-4H3/t37?,38?,39-,40-/m0/s1. The minimum Gasteiger partial charge on any atom is -0.508 e. The van der Waals surface area contributed by atoms with Gasteiger partial charge in [0.1, 0.15) is 35.1 Å². The van der Waals surface area contributed by atoms with E-state index in [1.165, 1.54) is 11.6 Å². The van der Waals surface area contributed by atoms with Crippen molar-refractivity contribution in [2.75, 3.05) is 64.4 Å². The number of amides is 1. The molecule has 11 rings (SSSR count). The second-order valence-electron chi connectivity index (χ2n) is 20.0. The van der Waals surface area contributed by atoms with Crippen LogP contribution in [-0.4, -0.2) is 134 Å². The normalized spacial score (nSPS) is 22.4. The van der Waals surface area contributed by atoms with Gasteiger partial charge < -0.3 is 30.1 Å². The Morgan fingerprint density at radius 2 is 1.67 bits per heavy atom. The van der Waals surface area contributed by atoms with Crippen molar-refractivity contribution in [3.63, 3.8) is 0 Å². The Bertz CT molecular complexity index is 2870. The van der Waals surface area contributed by atoms with Crippen molar-refractivity contribution in [1.82, 2.24) is 39.9 Å². The number of anilines is 1. The molecule has 2 unspecified atom stereocenters. The molecule has 6 aromatic rings. The third-order valence-electron chi connectivity index (χ3n) is 15.2. The highest BCUT2D eigenvalue weighted by Crippen LogP contribution is 2.38. The van der Waals surface area contributed by atoms with Crippen LogP contribution in [0.3, 0.4) is 0 Å². The summed E-state index contributed by atoms with van der Waals surface area (Å²) >= 11 is 0. The van der Waals surface area contributed by atoms with Gasteiger partial charge in [0, 0.05) is 107 Å². The van der Waals surface area contributed by atoms with E-state index in [0.29, 0.717) is 54.6 Å². The van der Waals surface area contributed by atoms with E-state index in [4.69, 9.17) is 19.7 Å². The van der Waals surface area contributed by atoms with Gasteiger partial charge in [-0.1, -0.05) is 68.4 Å². The molecule has 4 saturated heterocycles. The number of ether oxygens (including phenoxy) is 1. The molecule has 7 heterocycles. The highest BCUT2D eigenvalue weighted by Gasteiger charge is 2.37. The SMILES string of the molecule is Cc1cccc2cccc(-c3ncc4c(N5CC6CCC(C5)N6)nc(OC[C@@H]5C[C@H](N6CCN(Cc7ccc8c(c7)CN(C(=O)c7cc(C(C)C)c(O)cc7O)C8)CC6)CN5C)nc4c3F)c12. The number of benzene rings is 4. The van der Waals surface area contributed by atoms with E-state index in [1.807, 2.05) is 32.0 Å². The van der Waals surface area contributed by atoms with Crippen LogP contribution >= 0.6 is 0 Å². The van der Waals surface area contributed by atoms with Gasteiger partial charge in [-0.3, -0.25) is 24.5 Å². The Kier molecular flexibility index (Phi) is 11.5. The Morgan fingerprint density at radius 3 is 2.45 bits per heavy atom. The fourth-order valence-electron chi connectivity index (χ4n) is 11.5. The van der Waals surface area contributed by atoms with Gasteiger partial charge in [0.25, 0.3) is 5.91 Å². The lowest BCUT2D eigenvalue weighted by Gasteiger charge is -2.38. The van der Waals surface area contributed by atoms with Gasteiger partial charge in [0.05, 0.1) is 10.9 Å². The van der Waals surface area contributed by atoms with Gasteiger partial charge in [0.15, 0.2) is 5.82 Å². The number of rotatable bonds is 10. The van der Waals surface area contributed by atoms with Crippen LogP contribution in [0.25, 0.3) is 32.9 Å². The summed E-state index contributed by atoms with van der Waals surface area (Å²) in [5.74, 6) is -0.186. The van der Waals surface area contributed by atoms with Gasteiger partial charge in [-0.15, -0.1) is 0 Å². The maximum atomic E-state index is 17.0. The van der Waals surface area contributed by atoms with Crippen molar-refractivity contribution in [2.45, 2.75) is 89.8 Å². The highest BCUT2D eigenvalue weighted by atomic mass is 19.1. The molecule has 67 heavy (non-hydrogen) atoms. The number of piperazine rings is 2. The monoisotopic (exact) mass is 905 g/mol. The van der Waals surface area contributed by atoms with Crippen LogP contribution in [0, 0.1) is 12.7 Å². The predicted octanol–water partition coefficient (Wildman–Crippen LogP) is 7.19. The molecule has 0 radical (unpaired) electrons. The zero-order valence-electron chi connectivity index (χ0n) is 38.9. The summed E-state index contributed by atoms with van der Waals surface area (Å²) in [7, 11) is 2.16. The molecule has 4 atom stereocenters. The van der Waals surface area contributed by atoms with Crippen molar-refractivity contribution < 1.29 is 24.1 Å². The Labute approximate surface area is 391 Å². The maximum Gasteiger partial charge on any atom is 0.319 e. The Hall–Kier alpha value is -5.93. The number of carbonyl (C=O) groups excluding carboxylic acids is 1. The van der Waals surface area contributed by atoms with E-state index in [-0.39, 0.29) is 52.2 Å². The number of likely N-dealkylation sites (tertiary alicyclic amines) is 1. The number of hydrogen-bond donors (Lipinski definition) is 3. The molecule has 2 bridgehead atoms. The molecule has 5 aliphatic heterocycles. The molecule has 5 aliphatic rings. The fraction of sp³-hybridized carbons (Fsp3) is 0.434. The fourth-order valence-corrected chi connectivity index (χ4v) is 11.5. The van der Waals surface area contributed by atoms with E-state index >= 15 is 4.39 Å². The maximum absolute atomic E-state index is 17.0. The van der Waals surface area contributed by atoms with Crippen LogP contribution in [0.4, 0.5) is 10.2 Å². The lowest BCUT2D eigenvalue weighted by Crippen LogP contribution is -2.51. The number of halogens is 1. The first-order chi connectivity index (χ1) is 32.4. The van der Waals surface area contributed by atoms with Crippen LogP contribution in [0.1, 0.15) is 77.2 Å². The molecule has 14 heteroatoms. The lowest BCUT2D eigenvalue weighted by atomic mass is 9.97. The summed E-state index contributed by atoms with van der Waals surface area (Å²) < 4.78 is 23.5. The number of hydrogen-bond acceptors (Lipinski definition) is 12. The molecule has 0 spiro atoms. The van der Waals surface area contributed by atoms with E-state index in [2.05, 4.69) is 75.3 Å². The molecule has 13 nitrogen and oxygen atoms in total. The largest absolute Gasteiger partial charge is 0.508 e. The molecule has 0 aliphatic carbocycles. The number of aromatic nitrogens is 3. The van der Waals surface area contributed by atoms with Crippen molar-refractivity contribution in [1.29, 1.82) is 0 Å². The molecule has 4 fully saturated rings. The third-order valence-corrected chi connectivity index (χ3v) is 15.2. The van der Waals surface area contributed by atoms with Crippen molar-refractivity contribution in [3.05, 3.63) is 112 Å². The Balaban J connectivity index is 0.740. The average molecular weight is 906 g/mol. The molecule has 4 aromatic carbocycles. The number of nitrogens with one attached hydrogen (secondary N) is 1. The third kappa shape index (κ3) is 8.32. The number of fused-ring (bicyclic) bond motifs is 5. The van der Waals surface area contributed by atoms with Crippen molar-refractivity contribution in [2.24, 2.45) is 0 Å². The smallest absolute Gasteiger partial charge is 0.319 e. The van der Waals surface area contributed by atoms with Gasteiger partial charge in [-0.2, -0.15) is 9.97 Å². The second-order valence-corrected chi connectivity index (χ2v) is 20.0. The number of nitrogens with zero attached hydrogens (tertiary/aromatic N) is 8. The summed E-state index contributed by atoms with van der Waals surface area (Å²) in [4.78, 5) is 39.7. The topological polar surface area (TPSA) is 134 Å². The number of carbonyl (C=O) groups is 1. The second kappa shape index (κ2) is 17.6. The highest BCUT2D eigenvalue weighted by molar-refractivity contribution is 6.01. The van der Waals surface area contributed by atoms with Gasteiger partial charge >= 0.3 is 6.01 Å². The molecular weight excluding hydrogens is 846 g/mol. The number of likely N-dealkylation sites (N-methyl/N-ethyl adjacent to an activating group) is 1. The molecular formula is C53H60FN9O4. The zero-order chi connectivity index (χ0) is 46.1. The van der Waals surface area contributed by atoms with Crippen molar-refractivity contribution in [3.8, 4) is 28.8 Å². The van der Waals surface area contributed by atoms with Gasteiger partial charge in [0.2, 0.25) is 0 Å². The van der Waals surface area contributed by atoms with E-state index < -0.39 is 5.82 Å². The number of aryl methyl sites for hydroxylation is 1. The van der Waals surface area contributed by atoms with E-state index in [9.17, 15) is 15.0 Å². The minimum absolute atomic E-state index is 0.00326. The predicted molar refractivity (Wildman–Crippen MR) is 258 cm³/mol. The van der Waals surface area contributed by atoms with Crippen LogP contribution in [0.5, 0.6) is 17.5 Å². The summed E-state index contributed by atoms with van der Waals surface area (Å²) in [6.07, 6.45) is 4.94. The zero-order valence-corrected chi connectivity index (χ0v) is 38.9. The molecule has 2 aromatic heterocycles. The quantitative estimate of drug-likeness (QED) is 0.129. The van der Waals surface area contributed by atoms with Crippen LogP contribution < -0.4 is 15.0 Å². The first-order valence-corrected chi connectivity index (χ1v) is 24.0. The van der Waals surface area contributed by atoms with E-state index in [0.717, 1.165) is 105 Å². The number of phenols is 2. The van der Waals surface area contributed by atoms with Gasteiger partial charge in [-0.25, -0.2) is 4.39 Å². The molecule has 0 saturated carbocycles. The molecule has 348 valence electrons. The van der Waals surface area contributed by atoms with E-state index in [1.54, 1.807) is 17.2 Å². The first kappa shape index (κ1) is 43.6. The summed E-state index contributed by atoms with van der Waals surface area (Å²) in [5.41, 5.74) is 6.69.